The third kappa shape index (κ3) is 3.01. The van der Waals surface area contributed by atoms with Gasteiger partial charge in [-0.05, 0) is 62.6 Å². The Morgan fingerprint density at radius 2 is 1.96 bits per heavy atom. The van der Waals surface area contributed by atoms with Crippen LogP contribution in [0.3, 0.4) is 0 Å². The maximum atomic E-state index is 12.8. The smallest absolute Gasteiger partial charge is 0.343 e. The minimum absolute atomic E-state index is 0.0740. The van der Waals surface area contributed by atoms with E-state index in [1.165, 1.54) is 0 Å². The minimum atomic E-state index is -0.578. The molecule has 0 amide bonds. The van der Waals surface area contributed by atoms with E-state index in [9.17, 15) is 9.59 Å². The van der Waals surface area contributed by atoms with E-state index < -0.39 is 5.97 Å². The number of pyridine rings is 2. The number of esters is 1. The van der Waals surface area contributed by atoms with Crippen LogP contribution in [0, 0.1) is 13.8 Å². The van der Waals surface area contributed by atoms with E-state index in [-0.39, 0.29) is 17.6 Å². The van der Waals surface area contributed by atoms with Crippen LogP contribution in [0.15, 0.2) is 41.5 Å². The summed E-state index contributed by atoms with van der Waals surface area (Å²) in [4.78, 5) is 29.2. The summed E-state index contributed by atoms with van der Waals surface area (Å²) >= 11 is 0. The van der Waals surface area contributed by atoms with Gasteiger partial charge < -0.3 is 9.30 Å². The molecule has 0 spiro atoms. The molecular weight excluding hydrogens is 328 g/mol. The number of hydrogen-bond acceptors (Lipinski definition) is 4. The summed E-state index contributed by atoms with van der Waals surface area (Å²) in [5, 5.41) is 0.518. The fourth-order valence-electron chi connectivity index (χ4n) is 3.13. The molecule has 0 radical (unpaired) electrons. The predicted octanol–water partition coefficient (Wildman–Crippen LogP) is 3.88. The Balaban J connectivity index is 2.25. The van der Waals surface area contributed by atoms with Gasteiger partial charge in [0.2, 0.25) is 5.43 Å². The van der Waals surface area contributed by atoms with Gasteiger partial charge in [-0.1, -0.05) is 6.07 Å². The van der Waals surface area contributed by atoms with E-state index in [0.29, 0.717) is 11.9 Å². The van der Waals surface area contributed by atoms with Crippen molar-refractivity contribution in [2.75, 3.05) is 6.61 Å². The van der Waals surface area contributed by atoms with E-state index in [2.05, 4.69) is 4.98 Å². The maximum Gasteiger partial charge on any atom is 0.343 e. The quantitative estimate of drug-likeness (QED) is 0.670. The molecule has 2 heterocycles. The Kier molecular flexibility index (Phi) is 4.89. The van der Waals surface area contributed by atoms with Gasteiger partial charge in [0.15, 0.2) is 0 Å². The van der Waals surface area contributed by atoms with Crippen molar-refractivity contribution in [1.29, 1.82) is 0 Å². The lowest BCUT2D eigenvalue weighted by Crippen LogP contribution is -2.20. The number of aromatic nitrogens is 2. The van der Waals surface area contributed by atoms with E-state index in [1.54, 1.807) is 25.4 Å². The van der Waals surface area contributed by atoms with Crippen molar-refractivity contribution in [1.82, 2.24) is 9.55 Å². The number of carbonyl (C=O) groups excluding carboxylic acids is 1. The number of nitrogens with zero attached hydrogens (tertiary/aromatic N) is 2. The highest BCUT2D eigenvalue weighted by Gasteiger charge is 2.17. The fraction of sp³-hybridized carbons (Fsp3) is 0.286. The van der Waals surface area contributed by atoms with Gasteiger partial charge in [0.05, 0.1) is 12.1 Å². The third-order valence-electron chi connectivity index (χ3n) is 4.68. The fourth-order valence-corrected chi connectivity index (χ4v) is 3.13. The zero-order chi connectivity index (χ0) is 18.8. The topological polar surface area (TPSA) is 61.2 Å². The molecule has 3 aromatic rings. The summed E-state index contributed by atoms with van der Waals surface area (Å²) in [5.74, 6) is -0.578. The molecule has 3 rings (SSSR count). The summed E-state index contributed by atoms with van der Waals surface area (Å²) in [6, 6.07) is 7.68. The lowest BCUT2D eigenvalue weighted by molar-refractivity contribution is 0.0524. The summed E-state index contributed by atoms with van der Waals surface area (Å²) in [5.41, 5.74) is 4.78. The normalized spacial score (nSPS) is 10.9. The zero-order valence-corrected chi connectivity index (χ0v) is 15.5. The number of fused-ring (bicyclic) bond motifs is 1. The van der Waals surface area contributed by atoms with Crippen LogP contribution >= 0.6 is 0 Å². The van der Waals surface area contributed by atoms with Gasteiger partial charge in [0, 0.05) is 30.0 Å². The summed E-state index contributed by atoms with van der Waals surface area (Å²) < 4.78 is 6.93. The van der Waals surface area contributed by atoms with Gasteiger partial charge in [0.25, 0.3) is 0 Å². The van der Waals surface area contributed by atoms with Gasteiger partial charge >= 0.3 is 5.97 Å². The van der Waals surface area contributed by atoms with Crippen LogP contribution in [0.2, 0.25) is 0 Å². The van der Waals surface area contributed by atoms with E-state index in [1.807, 2.05) is 43.5 Å². The average Bonchev–Trinajstić information content (AvgIpc) is 2.64. The predicted molar refractivity (Wildman–Crippen MR) is 103 cm³/mol. The van der Waals surface area contributed by atoms with E-state index in [4.69, 9.17) is 4.74 Å². The van der Waals surface area contributed by atoms with Crippen molar-refractivity contribution < 1.29 is 9.53 Å². The first-order chi connectivity index (χ1) is 12.5. The summed E-state index contributed by atoms with van der Waals surface area (Å²) in [6.45, 7) is 8.60. The van der Waals surface area contributed by atoms with Crippen molar-refractivity contribution in [3.8, 4) is 11.1 Å². The molecule has 0 N–H and O–H groups in total. The largest absolute Gasteiger partial charge is 0.462 e. The molecule has 0 bridgehead atoms. The van der Waals surface area contributed by atoms with Crippen molar-refractivity contribution in [3.05, 3.63) is 63.7 Å². The molecule has 134 valence electrons. The molecule has 5 heteroatoms. The van der Waals surface area contributed by atoms with E-state index >= 15 is 0 Å². The maximum absolute atomic E-state index is 12.8. The first-order valence-corrected chi connectivity index (χ1v) is 8.74. The summed E-state index contributed by atoms with van der Waals surface area (Å²) in [7, 11) is 0. The second-order valence-electron chi connectivity index (χ2n) is 6.18. The molecule has 26 heavy (non-hydrogen) atoms. The zero-order valence-electron chi connectivity index (χ0n) is 15.5. The average molecular weight is 350 g/mol. The first kappa shape index (κ1) is 17.9. The highest BCUT2D eigenvalue weighted by molar-refractivity contribution is 5.95. The van der Waals surface area contributed by atoms with Gasteiger partial charge in [-0.3, -0.25) is 9.78 Å². The number of rotatable bonds is 4. The van der Waals surface area contributed by atoms with Crippen molar-refractivity contribution in [2.45, 2.75) is 34.2 Å². The standard InChI is InChI=1S/C21H22N2O3/c1-5-23-12-18(21(25)26-6-2)20(24)17-8-7-15(11-19(17)23)16-9-10-22-14(4)13(16)3/h7-12H,5-6H2,1-4H3. The lowest BCUT2D eigenvalue weighted by Gasteiger charge is -2.14. The second kappa shape index (κ2) is 7.12. The molecule has 2 aromatic heterocycles. The summed E-state index contributed by atoms with van der Waals surface area (Å²) in [6.07, 6.45) is 3.38. The molecule has 0 saturated carbocycles. The van der Waals surface area contributed by atoms with Crippen LogP contribution in [-0.4, -0.2) is 22.1 Å². The van der Waals surface area contributed by atoms with Gasteiger partial charge in [-0.2, -0.15) is 0 Å². The Morgan fingerprint density at radius 3 is 2.65 bits per heavy atom. The molecular formula is C21H22N2O3. The van der Waals surface area contributed by atoms with Crippen LogP contribution in [0.4, 0.5) is 0 Å². The van der Waals surface area contributed by atoms with Crippen molar-refractivity contribution >= 4 is 16.9 Å². The van der Waals surface area contributed by atoms with E-state index in [0.717, 1.165) is 27.9 Å². The molecule has 0 aliphatic carbocycles. The highest BCUT2D eigenvalue weighted by atomic mass is 16.5. The second-order valence-corrected chi connectivity index (χ2v) is 6.18. The molecule has 0 atom stereocenters. The number of hydrogen-bond donors (Lipinski definition) is 0. The molecule has 5 nitrogen and oxygen atoms in total. The molecule has 0 fully saturated rings. The Morgan fingerprint density at radius 1 is 1.19 bits per heavy atom. The Hall–Kier alpha value is -2.95. The van der Waals surface area contributed by atoms with Crippen molar-refractivity contribution in [2.24, 2.45) is 0 Å². The lowest BCUT2D eigenvalue weighted by atomic mass is 9.98. The Bertz CT molecular complexity index is 1050. The van der Waals surface area contributed by atoms with Crippen LogP contribution in [-0.2, 0) is 11.3 Å². The van der Waals surface area contributed by atoms with Crippen LogP contribution in [0.5, 0.6) is 0 Å². The first-order valence-electron chi connectivity index (χ1n) is 8.74. The van der Waals surface area contributed by atoms with Crippen LogP contribution < -0.4 is 5.43 Å². The monoisotopic (exact) mass is 350 g/mol. The molecule has 0 aliphatic heterocycles. The molecule has 0 aliphatic rings. The number of ether oxygens (including phenoxy) is 1. The third-order valence-corrected chi connectivity index (χ3v) is 4.68. The number of benzene rings is 1. The number of carbonyl (C=O) groups is 1. The highest BCUT2D eigenvalue weighted by Crippen LogP contribution is 2.27. The number of aryl methyl sites for hydroxylation is 2. The van der Waals surface area contributed by atoms with Gasteiger partial charge in [0.1, 0.15) is 5.56 Å². The van der Waals surface area contributed by atoms with Crippen LogP contribution in [0.25, 0.3) is 22.0 Å². The van der Waals surface area contributed by atoms with Crippen LogP contribution in [0.1, 0.15) is 35.5 Å². The van der Waals surface area contributed by atoms with Gasteiger partial charge in [-0.25, -0.2) is 4.79 Å². The Labute approximate surface area is 152 Å². The van der Waals surface area contributed by atoms with Crippen molar-refractivity contribution in [3.63, 3.8) is 0 Å². The molecule has 1 aromatic carbocycles. The molecule has 0 saturated heterocycles. The SMILES string of the molecule is CCOC(=O)c1cn(CC)c2cc(-c3ccnc(C)c3C)ccc2c1=O. The minimum Gasteiger partial charge on any atom is -0.462 e. The molecule has 0 unspecified atom stereocenters. The van der Waals surface area contributed by atoms with Gasteiger partial charge in [-0.15, -0.1) is 0 Å².